The second kappa shape index (κ2) is 7.32. The van der Waals surface area contributed by atoms with E-state index >= 15 is 0 Å². The van der Waals surface area contributed by atoms with Crippen LogP contribution in [0.5, 0.6) is 11.5 Å². The monoisotopic (exact) mass is 462 g/mol. The van der Waals surface area contributed by atoms with Gasteiger partial charge in [-0.1, -0.05) is 37.6 Å². The molecule has 0 saturated heterocycles. The highest BCUT2D eigenvalue weighted by Gasteiger charge is 2.38. The standard InChI is InChI=1S/C28H21ClF2O2/c1-14-4-6-16(24(30)8-14)20-10-22-18(12-26(20)32)19-13-27(33)21(11-23(19)28(22,2)3)17-7-5-15(29)9-25(17)31/h4-13,32-33H,1-3H3. The van der Waals surface area contributed by atoms with E-state index in [2.05, 4.69) is 0 Å². The van der Waals surface area contributed by atoms with Crippen molar-refractivity contribution in [3.05, 3.63) is 94.0 Å². The summed E-state index contributed by atoms with van der Waals surface area (Å²) in [7, 11) is 0. The van der Waals surface area contributed by atoms with Crippen LogP contribution in [0.2, 0.25) is 5.02 Å². The Bertz CT molecular complexity index is 1350. The molecule has 2 nitrogen and oxygen atoms in total. The molecular formula is C28H21ClF2O2. The van der Waals surface area contributed by atoms with Crippen LogP contribution in [0.4, 0.5) is 8.78 Å². The molecule has 0 aromatic heterocycles. The number of benzene rings is 4. The third kappa shape index (κ3) is 3.28. The fourth-order valence-electron chi connectivity index (χ4n) is 4.78. The predicted molar refractivity (Wildman–Crippen MR) is 128 cm³/mol. The van der Waals surface area contributed by atoms with Gasteiger partial charge in [-0.3, -0.25) is 0 Å². The van der Waals surface area contributed by atoms with Gasteiger partial charge < -0.3 is 10.2 Å². The molecule has 4 aromatic rings. The third-order valence-electron chi connectivity index (χ3n) is 6.54. The topological polar surface area (TPSA) is 40.5 Å². The number of aromatic hydroxyl groups is 2. The summed E-state index contributed by atoms with van der Waals surface area (Å²) in [5.41, 5.74) is 4.86. The molecule has 1 aliphatic rings. The Morgan fingerprint density at radius 2 is 1.12 bits per heavy atom. The zero-order valence-electron chi connectivity index (χ0n) is 18.3. The van der Waals surface area contributed by atoms with Gasteiger partial charge in [0.1, 0.15) is 23.1 Å². The van der Waals surface area contributed by atoms with Crippen LogP contribution in [0.3, 0.4) is 0 Å². The van der Waals surface area contributed by atoms with Gasteiger partial charge in [-0.05, 0) is 83.3 Å². The first-order chi connectivity index (χ1) is 15.6. The highest BCUT2D eigenvalue weighted by molar-refractivity contribution is 6.30. The van der Waals surface area contributed by atoms with Crippen LogP contribution in [0.1, 0.15) is 30.5 Å². The molecular weight excluding hydrogens is 442 g/mol. The molecule has 5 heteroatoms. The second-order valence-corrected chi connectivity index (χ2v) is 9.50. The normalized spacial score (nSPS) is 13.6. The second-order valence-electron chi connectivity index (χ2n) is 9.06. The first kappa shape index (κ1) is 21.5. The van der Waals surface area contributed by atoms with Gasteiger partial charge in [0.15, 0.2) is 0 Å². The molecule has 166 valence electrons. The Morgan fingerprint density at radius 3 is 1.61 bits per heavy atom. The lowest BCUT2D eigenvalue weighted by atomic mass is 9.80. The lowest BCUT2D eigenvalue weighted by Gasteiger charge is -2.23. The minimum Gasteiger partial charge on any atom is -0.507 e. The molecule has 0 saturated carbocycles. The van der Waals surface area contributed by atoms with Gasteiger partial charge in [0.2, 0.25) is 0 Å². The van der Waals surface area contributed by atoms with E-state index in [4.69, 9.17) is 11.6 Å². The van der Waals surface area contributed by atoms with Crippen LogP contribution in [0.15, 0.2) is 60.7 Å². The first-order valence-electron chi connectivity index (χ1n) is 10.5. The molecule has 0 bridgehead atoms. The fraction of sp³-hybridized carbons (Fsp3) is 0.143. The smallest absolute Gasteiger partial charge is 0.132 e. The number of hydrogen-bond acceptors (Lipinski definition) is 2. The number of phenols is 2. The number of halogens is 3. The number of fused-ring (bicyclic) bond motifs is 3. The summed E-state index contributed by atoms with van der Waals surface area (Å²) in [4.78, 5) is 0. The molecule has 2 N–H and O–H groups in total. The molecule has 1 aliphatic carbocycles. The van der Waals surface area contributed by atoms with Crippen molar-refractivity contribution in [2.75, 3.05) is 0 Å². The molecule has 0 spiro atoms. The van der Waals surface area contributed by atoms with Crippen molar-refractivity contribution in [2.45, 2.75) is 26.2 Å². The van der Waals surface area contributed by atoms with Gasteiger partial charge in [0.05, 0.1) is 0 Å². The quantitative estimate of drug-likeness (QED) is 0.317. The molecule has 0 radical (unpaired) electrons. The minimum absolute atomic E-state index is 0.0486. The molecule has 0 atom stereocenters. The number of aryl methyl sites for hydroxylation is 1. The molecule has 0 fully saturated rings. The van der Waals surface area contributed by atoms with Crippen LogP contribution in [-0.4, -0.2) is 10.2 Å². The van der Waals surface area contributed by atoms with Gasteiger partial charge in [-0.25, -0.2) is 8.78 Å². The Labute approximate surface area is 195 Å². The van der Waals surface area contributed by atoms with E-state index in [-0.39, 0.29) is 22.1 Å². The fourth-order valence-corrected chi connectivity index (χ4v) is 4.94. The van der Waals surface area contributed by atoms with E-state index < -0.39 is 17.0 Å². The van der Waals surface area contributed by atoms with Gasteiger partial charge in [0.25, 0.3) is 0 Å². The predicted octanol–water partition coefficient (Wildman–Crippen LogP) is 7.98. The van der Waals surface area contributed by atoms with E-state index in [1.54, 1.807) is 42.5 Å². The van der Waals surface area contributed by atoms with Crippen molar-refractivity contribution in [2.24, 2.45) is 0 Å². The SMILES string of the molecule is Cc1ccc(-c2cc3c(cc2O)-c2cc(O)c(-c4ccc(Cl)cc4F)cc2C3(C)C)c(F)c1. The Kier molecular flexibility index (Phi) is 4.77. The van der Waals surface area contributed by atoms with Crippen molar-refractivity contribution in [3.8, 4) is 44.9 Å². The van der Waals surface area contributed by atoms with Crippen LogP contribution in [-0.2, 0) is 5.41 Å². The molecule has 33 heavy (non-hydrogen) atoms. The Hall–Kier alpha value is -3.37. The van der Waals surface area contributed by atoms with Crippen molar-refractivity contribution >= 4 is 11.6 Å². The van der Waals surface area contributed by atoms with E-state index in [9.17, 15) is 19.0 Å². The van der Waals surface area contributed by atoms with Crippen molar-refractivity contribution in [1.82, 2.24) is 0 Å². The van der Waals surface area contributed by atoms with Crippen molar-refractivity contribution in [1.29, 1.82) is 0 Å². The average molecular weight is 463 g/mol. The zero-order chi connectivity index (χ0) is 23.7. The summed E-state index contributed by atoms with van der Waals surface area (Å²) in [6.07, 6.45) is 0. The number of hydrogen-bond donors (Lipinski definition) is 2. The maximum absolute atomic E-state index is 14.7. The van der Waals surface area contributed by atoms with E-state index in [0.29, 0.717) is 16.7 Å². The summed E-state index contributed by atoms with van der Waals surface area (Å²) in [6.45, 7) is 5.84. The summed E-state index contributed by atoms with van der Waals surface area (Å²) < 4.78 is 29.3. The van der Waals surface area contributed by atoms with Gasteiger partial charge >= 0.3 is 0 Å². The number of phenolic OH excluding ortho intramolecular Hbond substituents is 2. The molecule has 4 aromatic carbocycles. The van der Waals surface area contributed by atoms with Crippen molar-refractivity contribution in [3.63, 3.8) is 0 Å². The summed E-state index contributed by atoms with van der Waals surface area (Å²) in [5, 5.41) is 21.8. The summed E-state index contributed by atoms with van der Waals surface area (Å²) in [6, 6.07) is 16.0. The Balaban J connectivity index is 1.71. The lowest BCUT2D eigenvalue weighted by Crippen LogP contribution is -2.15. The number of rotatable bonds is 2. The molecule has 0 unspecified atom stereocenters. The van der Waals surface area contributed by atoms with E-state index in [1.165, 1.54) is 18.2 Å². The average Bonchev–Trinajstić information content (AvgIpc) is 2.93. The van der Waals surface area contributed by atoms with Crippen LogP contribution in [0.25, 0.3) is 33.4 Å². The highest BCUT2D eigenvalue weighted by atomic mass is 35.5. The molecule has 5 rings (SSSR count). The first-order valence-corrected chi connectivity index (χ1v) is 10.9. The van der Waals surface area contributed by atoms with E-state index in [1.807, 2.05) is 20.8 Å². The van der Waals surface area contributed by atoms with Crippen LogP contribution < -0.4 is 0 Å². The maximum atomic E-state index is 14.7. The minimum atomic E-state index is -0.528. The summed E-state index contributed by atoms with van der Waals surface area (Å²) in [5.74, 6) is -1.06. The molecule has 0 amide bonds. The molecule has 0 heterocycles. The third-order valence-corrected chi connectivity index (χ3v) is 6.78. The summed E-state index contributed by atoms with van der Waals surface area (Å²) >= 11 is 5.89. The van der Waals surface area contributed by atoms with Crippen LogP contribution >= 0.6 is 11.6 Å². The van der Waals surface area contributed by atoms with Crippen LogP contribution in [0, 0.1) is 18.6 Å². The highest BCUT2D eigenvalue weighted by Crippen LogP contribution is 2.54. The van der Waals surface area contributed by atoms with Gasteiger partial charge in [-0.15, -0.1) is 0 Å². The largest absolute Gasteiger partial charge is 0.507 e. The lowest BCUT2D eigenvalue weighted by molar-refractivity contribution is 0.475. The zero-order valence-corrected chi connectivity index (χ0v) is 19.1. The van der Waals surface area contributed by atoms with Crippen molar-refractivity contribution < 1.29 is 19.0 Å². The molecule has 0 aliphatic heterocycles. The van der Waals surface area contributed by atoms with Gasteiger partial charge in [0, 0.05) is 32.7 Å². The Morgan fingerprint density at radius 1 is 0.636 bits per heavy atom. The maximum Gasteiger partial charge on any atom is 0.132 e. The van der Waals surface area contributed by atoms with Gasteiger partial charge in [-0.2, -0.15) is 0 Å². The van der Waals surface area contributed by atoms with E-state index in [0.717, 1.165) is 27.8 Å².